The van der Waals surface area contributed by atoms with Crippen molar-refractivity contribution in [3.05, 3.63) is 12.7 Å². The summed E-state index contributed by atoms with van der Waals surface area (Å²) in [4.78, 5) is 10.5. The van der Waals surface area contributed by atoms with Crippen LogP contribution in [0.4, 0.5) is 70.2 Å². The Labute approximate surface area is 160 Å². The molecule has 31 heavy (non-hydrogen) atoms. The molecule has 0 aromatic heterocycles. The molecule has 0 rings (SSSR count). The van der Waals surface area contributed by atoms with Gasteiger partial charge >= 0.3 is 47.9 Å². The van der Waals surface area contributed by atoms with Crippen molar-refractivity contribution in [1.29, 1.82) is 0 Å². The maximum Gasteiger partial charge on any atom is 0.473 e. The molecule has 184 valence electrons. The van der Waals surface area contributed by atoms with Crippen LogP contribution in [0, 0.1) is 0 Å². The number of hydrogen-bond acceptors (Lipinski definition) is 2. The molecule has 0 heterocycles. The lowest BCUT2D eigenvalue weighted by molar-refractivity contribution is -0.453. The van der Waals surface area contributed by atoms with Crippen LogP contribution < -0.4 is 0 Å². The molecule has 0 aromatic carbocycles. The summed E-state index contributed by atoms with van der Waals surface area (Å²) >= 11 is 0. The SMILES string of the molecule is C=CC(=O)OC(F)(F)C(F)(F)C(F)(F)C(F)(F)C(F)(F)C(F)(F)C(F)CCC(F)(F)F. The molecule has 0 aromatic rings. The van der Waals surface area contributed by atoms with Crippen LogP contribution in [0.3, 0.4) is 0 Å². The fourth-order valence-corrected chi connectivity index (χ4v) is 1.69. The van der Waals surface area contributed by atoms with Gasteiger partial charge in [0.05, 0.1) is 0 Å². The van der Waals surface area contributed by atoms with Crippen molar-refractivity contribution in [2.75, 3.05) is 0 Å². The molecule has 2 nitrogen and oxygen atoms in total. The highest BCUT2D eigenvalue weighted by Gasteiger charge is 2.91. The zero-order valence-corrected chi connectivity index (χ0v) is 14.1. The lowest BCUT2D eigenvalue weighted by Crippen LogP contribution is -2.72. The highest BCUT2D eigenvalue weighted by atomic mass is 19.4. The van der Waals surface area contributed by atoms with Crippen LogP contribution in [0.15, 0.2) is 12.7 Å². The van der Waals surface area contributed by atoms with Gasteiger partial charge in [-0.2, -0.15) is 65.9 Å². The largest absolute Gasteiger partial charge is 0.473 e. The van der Waals surface area contributed by atoms with Crippen molar-refractivity contribution < 1.29 is 79.8 Å². The minimum atomic E-state index is -8.22. The summed E-state index contributed by atoms with van der Waals surface area (Å²) in [5, 5.41) is 0. The average Bonchev–Trinajstić information content (AvgIpc) is 2.57. The van der Waals surface area contributed by atoms with Gasteiger partial charge in [-0.05, 0) is 6.42 Å². The average molecular weight is 500 g/mol. The van der Waals surface area contributed by atoms with Gasteiger partial charge in [-0.15, -0.1) is 0 Å². The van der Waals surface area contributed by atoms with Crippen molar-refractivity contribution in [1.82, 2.24) is 0 Å². The van der Waals surface area contributed by atoms with Gasteiger partial charge in [-0.25, -0.2) is 9.18 Å². The second kappa shape index (κ2) is 8.22. The van der Waals surface area contributed by atoms with E-state index in [0.29, 0.717) is 0 Å². The maximum atomic E-state index is 13.4. The van der Waals surface area contributed by atoms with E-state index in [2.05, 4.69) is 11.3 Å². The summed E-state index contributed by atoms with van der Waals surface area (Å²) in [6, 6.07) is 0. The van der Waals surface area contributed by atoms with E-state index in [4.69, 9.17) is 0 Å². The van der Waals surface area contributed by atoms with Gasteiger partial charge in [-0.1, -0.05) is 6.58 Å². The Morgan fingerprint density at radius 1 is 0.742 bits per heavy atom. The number of alkyl halides is 16. The first kappa shape index (κ1) is 29.1. The van der Waals surface area contributed by atoms with Crippen LogP contribution in [-0.2, 0) is 9.53 Å². The van der Waals surface area contributed by atoms with E-state index in [1.54, 1.807) is 0 Å². The normalized spacial score (nSPS) is 16.1. The summed E-state index contributed by atoms with van der Waals surface area (Å²) in [5.74, 6) is -42.0. The van der Waals surface area contributed by atoms with Gasteiger partial charge < -0.3 is 4.74 Å². The number of carbonyl (C=O) groups excluding carboxylic acids is 1. The predicted molar refractivity (Wildman–Crippen MR) is 66.2 cm³/mol. The molecule has 0 spiro atoms. The molecule has 18 heteroatoms. The monoisotopic (exact) mass is 500 g/mol. The van der Waals surface area contributed by atoms with E-state index in [1.807, 2.05) is 0 Å². The van der Waals surface area contributed by atoms with Crippen molar-refractivity contribution in [3.63, 3.8) is 0 Å². The Hall–Kier alpha value is -1.91. The zero-order valence-electron chi connectivity index (χ0n) is 14.1. The van der Waals surface area contributed by atoms with Crippen molar-refractivity contribution >= 4 is 5.97 Å². The lowest BCUT2D eigenvalue weighted by atomic mass is 9.90. The van der Waals surface area contributed by atoms with E-state index in [-0.39, 0.29) is 0 Å². The van der Waals surface area contributed by atoms with Crippen LogP contribution in [0.1, 0.15) is 12.8 Å². The smallest absolute Gasteiger partial charge is 0.393 e. The van der Waals surface area contributed by atoms with E-state index in [0.717, 1.165) is 0 Å². The zero-order chi connectivity index (χ0) is 25.5. The predicted octanol–water partition coefficient (Wildman–Crippen LogP) is 6.17. The molecule has 0 amide bonds. The molecule has 0 radical (unpaired) electrons. The summed E-state index contributed by atoms with van der Waals surface area (Å²) in [6.07, 6.45) is -23.3. The molecule has 0 fully saturated rings. The molecule has 0 aliphatic rings. The third-order valence-corrected chi connectivity index (χ3v) is 3.44. The summed E-state index contributed by atoms with van der Waals surface area (Å²) in [6.45, 7) is 2.33. The molecular weight excluding hydrogens is 492 g/mol. The van der Waals surface area contributed by atoms with E-state index < -0.39 is 73.0 Å². The topological polar surface area (TPSA) is 26.3 Å². The summed E-state index contributed by atoms with van der Waals surface area (Å²) in [5.41, 5.74) is 0. The van der Waals surface area contributed by atoms with Crippen LogP contribution in [0.2, 0.25) is 0 Å². The molecule has 0 aliphatic carbocycles. The Bertz CT molecular complexity index is 665. The molecule has 1 unspecified atom stereocenters. The molecule has 0 saturated heterocycles. The number of rotatable bonds is 10. The second-order valence-electron chi connectivity index (χ2n) is 5.68. The second-order valence-corrected chi connectivity index (χ2v) is 5.68. The minimum Gasteiger partial charge on any atom is -0.393 e. The number of ether oxygens (including phenoxy) is 1. The highest BCUT2D eigenvalue weighted by molar-refractivity contribution is 5.81. The highest BCUT2D eigenvalue weighted by Crippen LogP contribution is 2.61. The van der Waals surface area contributed by atoms with E-state index in [1.165, 1.54) is 0 Å². The van der Waals surface area contributed by atoms with Gasteiger partial charge in [0.2, 0.25) is 0 Å². The third-order valence-electron chi connectivity index (χ3n) is 3.44. The van der Waals surface area contributed by atoms with Gasteiger partial charge in [0.15, 0.2) is 6.17 Å². The standard InChI is InChI=1S/C13H8F16O2/c1-2-6(30)31-13(28,29)12(26,27)11(24,25)10(22,23)9(20,21)8(18,19)5(14)3-4-7(15,16)17/h2,5H,1,3-4H2. The third kappa shape index (κ3) is 4.96. The molecule has 1 atom stereocenters. The quantitative estimate of drug-likeness (QED) is 0.204. The van der Waals surface area contributed by atoms with E-state index in [9.17, 15) is 75.0 Å². The number of halogens is 16. The van der Waals surface area contributed by atoms with Crippen LogP contribution in [0.5, 0.6) is 0 Å². The van der Waals surface area contributed by atoms with Gasteiger partial charge in [0.25, 0.3) is 0 Å². The maximum absolute atomic E-state index is 13.4. The van der Waals surface area contributed by atoms with Gasteiger partial charge in [-0.3, -0.25) is 0 Å². The van der Waals surface area contributed by atoms with E-state index >= 15 is 0 Å². The van der Waals surface area contributed by atoms with Crippen molar-refractivity contribution in [2.45, 2.75) is 60.9 Å². The Morgan fingerprint density at radius 3 is 1.48 bits per heavy atom. The first-order valence-electron chi connectivity index (χ1n) is 7.16. The molecule has 0 N–H and O–H groups in total. The molecule has 0 saturated carbocycles. The Kier molecular flexibility index (Phi) is 7.71. The molecular formula is C13H8F16O2. The number of hydrogen-bond donors (Lipinski definition) is 0. The summed E-state index contributed by atoms with van der Waals surface area (Å²) < 4.78 is 211. The van der Waals surface area contributed by atoms with Gasteiger partial charge in [0.1, 0.15) is 0 Å². The Balaban J connectivity index is 6.27. The molecule has 0 aliphatic heterocycles. The number of esters is 1. The van der Waals surface area contributed by atoms with Crippen molar-refractivity contribution in [2.24, 2.45) is 0 Å². The fourth-order valence-electron chi connectivity index (χ4n) is 1.69. The summed E-state index contributed by atoms with van der Waals surface area (Å²) in [7, 11) is 0. The van der Waals surface area contributed by atoms with Gasteiger partial charge in [0, 0.05) is 12.5 Å². The first-order valence-corrected chi connectivity index (χ1v) is 7.16. The lowest BCUT2D eigenvalue weighted by Gasteiger charge is -2.41. The Morgan fingerprint density at radius 2 is 1.13 bits per heavy atom. The van der Waals surface area contributed by atoms with Crippen LogP contribution in [-0.4, -0.2) is 54.0 Å². The fraction of sp³-hybridized carbons (Fsp3) is 0.769. The van der Waals surface area contributed by atoms with Crippen LogP contribution in [0.25, 0.3) is 0 Å². The first-order chi connectivity index (χ1) is 13.3. The minimum absolute atomic E-state index is 0.391. The van der Waals surface area contributed by atoms with Crippen LogP contribution >= 0.6 is 0 Å². The van der Waals surface area contributed by atoms with Crippen molar-refractivity contribution in [3.8, 4) is 0 Å². The number of carbonyl (C=O) groups is 1. The molecule has 0 bridgehead atoms.